The zero-order chi connectivity index (χ0) is 16.4. The minimum Gasteiger partial charge on any atom is -0.451 e. The van der Waals surface area contributed by atoms with Crippen LogP contribution in [0, 0.1) is 6.92 Å². The molecule has 0 radical (unpaired) electrons. The van der Waals surface area contributed by atoms with Gasteiger partial charge in [0.2, 0.25) is 5.91 Å². The van der Waals surface area contributed by atoms with E-state index in [9.17, 15) is 9.59 Å². The Hall–Kier alpha value is -2.34. The largest absolute Gasteiger partial charge is 0.451 e. The van der Waals surface area contributed by atoms with E-state index in [-0.39, 0.29) is 24.4 Å². The van der Waals surface area contributed by atoms with E-state index in [2.05, 4.69) is 5.32 Å². The molecule has 0 aliphatic carbocycles. The van der Waals surface area contributed by atoms with Gasteiger partial charge < -0.3 is 15.5 Å². The Bertz CT molecular complexity index is 730. The molecule has 2 amide bonds. The van der Waals surface area contributed by atoms with Gasteiger partial charge in [-0.2, -0.15) is 0 Å². The number of fused-ring (bicyclic) bond motifs is 1. The van der Waals surface area contributed by atoms with Crippen molar-refractivity contribution in [2.45, 2.75) is 25.8 Å². The highest BCUT2D eigenvalue weighted by atomic mass is 16.3. The molecular formula is C17H21N3O3. The van der Waals surface area contributed by atoms with E-state index < -0.39 is 0 Å². The van der Waals surface area contributed by atoms with Gasteiger partial charge in [0.15, 0.2) is 5.76 Å². The normalized spacial score (nSPS) is 16.6. The smallest absolute Gasteiger partial charge is 0.287 e. The number of furan rings is 1. The molecule has 1 aromatic heterocycles. The Balaban J connectivity index is 1.59. The van der Waals surface area contributed by atoms with Gasteiger partial charge in [0.1, 0.15) is 5.58 Å². The molecule has 0 unspecified atom stereocenters. The number of amides is 2. The molecule has 2 aromatic rings. The summed E-state index contributed by atoms with van der Waals surface area (Å²) in [5, 5.41) is 3.95. The highest BCUT2D eigenvalue weighted by molar-refractivity contribution is 5.96. The molecule has 6 heteroatoms. The summed E-state index contributed by atoms with van der Waals surface area (Å²) in [4.78, 5) is 25.3. The first-order valence-electron chi connectivity index (χ1n) is 7.83. The number of carbonyl (C=O) groups excluding carboxylic acids is 2. The third kappa shape index (κ3) is 3.71. The average molecular weight is 315 g/mol. The van der Waals surface area contributed by atoms with Gasteiger partial charge in [-0.3, -0.25) is 14.5 Å². The van der Waals surface area contributed by atoms with Crippen molar-refractivity contribution in [3.8, 4) is 0 Å². The van der Waals surface area contributed by atoms with Gasteiger partial charge in [0.05, 0.1) is 6.54 Å². The monoisotopic (exact) mass is 315 g/mol. The van der Waals surface area contributed by atoms with Crippen molar-refractivity contribution in [3.05, 3.63) is 35.6 Å². The quantitative estimate of drug-likeness (QED) is 0.893. The van der Waals surface area contributed by atoms with E-state index in [4.69, 9.17) is 10.2 Å². The lowest BCUT2D eigenvalue weighted by atomic mass is 10.0. The molecule has 3 N–H and O–H groups in total. The number of benzene rings is 1. The van der Waals surface area contributed by atoms with Crippen molar-refractivity contribution >= 4 is 22.8 Å². The van der Waals surface area contributed by atoms with E-state index in [0.29, 0.717) is 5.76 Å². The predicted molar refractivity (Wildman–Crippen MR) is 87.1 cm³/mol. The number of nitrogens with one attached hydrogen (secondary N) is 1. The van der Waals surface area contributed by atoms with Gasteiger partial charge in [0, 0.05) is 24.5 Å². The maximum absolute atomic E-state index is 12.3. The predicted octanol–water partition coefficient (Wildman–Crippen LogP) is 1.42. The Morgan fingerprint density at radius 2 is 2.04 bits per heavy atom. The van der Waals surface area contributed by atoms with E-state index in [0.717, 1.165) is 42.5 Å². The summed E-state index contributed by atoms with van der Waals surface area (Å²) in [5.74, 6) is -0.164. The lowest BCUT2D eigenvalue weighted by Gasteiger charge is -2.31. The second-order valence-corrected chi connectivity index (χ2v) is 6.14. The number of piperidine rings is 1. The SMILES string of the molecule is Cc1ccc2oc(C(=O)NC3CCN(CC(N)=O)CC3)cc2c1. The molecule has 1 aliphatic rings. The Labute approximate surface area is 134 Å². The Morgan fingerprint density at radius 3 is 2.74 bits per heavy atom. The van der Waals surface area contributed by atoms with Crippen LogP contribution < -0.4 is 11.1 Å². The number of hydrogen-bond acceptors (Lipinski definition) is 4. The summed E-state index contributed by atoms with van der Waals surface area (Å²) in [5.41, 5.74) is 7.05. The molecule has 122 valence electrons. The van der Waals surface area contributed by atoms with Gasteiger partial charge in [-0.25, -0.2) is 0 Å². The van der Waals surface area contributed by atoms with Crippen LogP contribution in [0.1, 0.15) is 29.0 Å². The highest BCUT2D eigenvalue weighted by Crippen LogP contribution is 2.21. The van der Waals surface area contributed by atoms with Crippen LogP contribution in [0.25, 0.3) is 11.0 Å². The first-order chi connectivity index (χ1) is 11.0. The molecule has 1 saturated heterocycles. The van der Waals surface area contributed by atoms with E-state index >= 15 is 0 Å². The molecule has 1 fully saturated rings. The van der Waals surface area contributed by atoms with Crippen LogP contribution in [0.5, 0.6) is 0 Å². The molecule has 1 aliphatic heterocycles. The molecule has 1 aromatic carbocycles. The molecule has 6 nitrogen and oxygen atoms in total. The van der Waals surface area contributed by atoms with Gasteiger partial charge in [0.25, 0.3) is 5.91 Å². The van der Waals surface area contributed by atoms with Crippen molar-refractivity contribution in [1.29, 1.82) is 0 Å². The van der Waals surface area contributed by atoms with Crippen LogP contribution in [0.15, 0.2) is 28.7 Å². The fraction of sp³-hybridized carbons (Fsp3) is 0.412. The summed E-state index contributed by atoms with van der Waals surface area (Å²) in [6.07, 6.45) is 1.61. The zero-order valence-corrected chi connectivity index (χ0v) is 13.2. The molecule has 3 rings (SSSR count). The molecule has 0 spiro atoms. The number of likely N-dealkylation sites (tertiary alicyclic amines) is 1. The first-order valence-corrected chi connectivity index (χ1v) is 7.83. The maximum atomic E-state index is 12.3. The van der Waals surface area contributed by atoms with Crippen molar-refractivity contribution in [1.82, 2.24) is 10.2 Å². The first kappa shape index (κ1) is 15.6. The number of nitrogens with zero attached hydrogens (tertiary/aromatic N) is 1. The van der Waals surface area contributed by atoms with Crippen LogP contribution >= 0.6 is 0 Å². The third-order valence-corrected chi connectivity index (χ3v) is 4.20. The molecule has 0 atom stereocenters. The summed E-state index contributed by atoms with van der Waals surface area (Å²) in [7, 11) is 0. The summed E-state index contributed by atoms with van der Waals surface area (Å²) < 4.78 is 5.62. The summed E-state index contributed by atoms with van der Waals surface area (Å²) in [6.45, 7) is 3.80. The van der Waals surface area contributed by atoms with Gasteiger partial charge in [-0.05, 0) is 38.0 Å². The molecule has 0 saturated carbocycles. The number of hydrogen-bond donors (Lipinski definition) is 2. The molecular weight excluding hydrogens is 294 g/mol. The Kier molecular flexibility index (Phi) is 4.34. The number of primary amides is 1. The standard InChI is InChI=1S/C17H21N3O3/c1-11-2-3-14-12(8-11)9-15(23-14)17(22)19-13-4-6-20(7-5-13)10-16(18)21/h2-3,8-9,13H,4-7,10H2,1H3,(H2,18,21)(H,19,22). The van der Waals surface area contributed by atoms with Crippen LogP contribution in [0.2, 0.25) is 0 Å². The maximum Gasteiger partial charge on any atom is 0.287 e. The van der Waals surface area contributed by atoms with E-state index in [1.807, 2.05) is 30.0 Å². The third-order valence-electron chi connectivity index (χ3n) is 4.20. The second kappa shape index (κ2) is 6.42. The highest BCUT2D eigenvalue weighted by Gasteiger charge is 2.23. The number of carbonyl (C=O) groups is 2. The molecule has 2 heterocycles. The summed E-state index contributed by atoms with van der Waals surface area (Å²) in [6, 6.07) is 7.71. The molecule has 0 bridgehead atoms. The van der Waals surface area contributed by atoms with Crippen molar-refractivity contribution < 1.29 is 14.0 Å². The van der Waals surface area contributed by atoms with Crippen LogP contribution in [0.4, 0.5) is 0 Å². The van der Waals surface area contributed by atoms with Crippen molar-refractivity contribution in [2.24, 2.45) is 5.73 Å². The van der Waals surface area contributed by atoms with Gasteiger partial charge >= 0.3 is 0 Å². The number of rotatable bonds is 4. The van der Waals surface area contributed by atoms with Crippen molar-refractivity contribution in [2.75, 3.05) is 19.6 Å². The zero-order valence-electron chi connectivity index (χ0n) is 13.2. The topological polar surface area (TPSA) is 88.6 Å². The fourth-order valence-corrected chi connectivity index (χ4v) is 2.99. The number of nitrogens with two attached hydrogens (primary N) is 1. The lowest BCUT2D eigenvalue weighted by Crippen LogP contribution is -2.46. The van der Waals surface area contributed by atoms with E-state index in [1.165, 1.54) is 0 Å². The van der Waals surface area contributed by atoms with Crippen LogP contribution in [-0.4, -0.2) is 42.4 Å². The van der Waals surface area contributed by atoms with Gasteiger partial charge in [-0.1, -0.05) is 11.6 Å². The lowest BCUT2D eigenvalue weighted by molar-refractivity contribution is -0.119. The van der Waals surface area contributed by atoms with Crippen LogP contribution in [0.3, 0.4) is 0 Å². The van der Waals surface area contributed by atoms with E-state index in [1.54, 1.807) is 6.07 Å². The second-order valence-electron chi connectivity index (χ2n) is 6.14. The fourth-order valence-electron chi connectivity index (χ4n) is 2.99. The van der Waals surface area contributed by atoms with Gasteiger partial charge in [-0.15, -0.1) is 0 Å². The number of aryl methyl sites for hydroxylation is 1. The minimum absolute atomic E-state index is 0.0987. The minimum atomic E-state index is -0.315. The Morgan fingerprint density at radius 1 is 1.30 bits per heavy atom. The summed E-state index contributed by atoms with van der Waals surface area (Å²) >= 11 is 0. The van der Waals surface area contributed by atoms with Crippen molar-refractivity contribution in [3.63, 3.8) is 0 Å². The average Bonchev–Trinajstić information content (AvgIpc) is 2.92. The molecule has 23 heavy (non-hydrogen) atoms. The van der Waals surface area contributed by atoms with Crippen LogP contribution in [-0.2, 0) is 4.79 Å².